The van der Waals surface area contributed by atoms with Gasteiger partial charge >= 0.3 is 0 Å². The summed E-state index contributed by atoms with van der Waals surface area (Å²) in [4.78, 5) is 0. The third-order valence-corrected chi connectivity index (χ3v) is 5.84. The first-order chi connectivity index (χ1) is 9.17. The van der Waals surface area contributed by atoms with Gasteiger partial charge in [-0.05, 0) is 36.4 Å². The molecule has 1 aromatic rings. The molecule has 4 atom stereocenters. The van der Waals surface area contributed by atoms with Crippen LogP contribution in [0.2, 0.25) is 0 Å². The van der Waals surface area contributed by atoms with Crippen molar-refractivity contribution < 1.29 is 0 Å². The summed E-state index contributed by atoms with van der Waals surface area (Å²) < 4.78 is 0. The highest BCUT2D eigenvalue weighted by molar-refractivity contribution is 8.00. The maximum Gasteiger partial charge on any atom is 0.0443 e. The summed E-state index contributed by atoms with van der Waals surface area (Å²) in [5.41, 5.74) is 3.08. The van der Waals surface area contributed by atoms with Gasteiger partial charge in [0.1, 0.15) is 0 Å². The average molecular weight is 277 g/mol. The largest absolute Gasteiger partial charge is 0.309 e. The Hall–Kier alpha value is -0.470. The van der Waals surface area contributed by atoms with Crippen LogP contribution in [0.25, 0.3) is 0 Å². The van der Waals surface area contributed by atoms with Gasteiger partial charge in [0.25, 0.3) is 0 Å². The molecule has 1 nitrogen and oxygen atoms in total. The van der Waals surface area contributed by atoms with Gasteiger partial charge in [0.05, 0.1) is 0 Å². The molecule has 0 heterocycles. The molecule has 19 heavy (non-hydrogen) atoms. The molecule has 2 heteroatoms. The number of thioether (sulfide) groups is 1. The Bertz CT molecular complexity index is 404. The topological polar surface area (TPSA) is 12.0 Å². The van der Waals surface area contributed by atoms with E-state index in [9.17, 15) is 0 Å². The summed E-state index contributed by atoms with van der Waals surface area (Å²) in [5, 5.41) is 5.18. The molecule has 1 N–H and O–H groups in total. The van der Waals surface area contributed by atoms with Crippen LogP contribution in [-0.2, 0) is 0 Å². The summed E-state index contributed by atoms with van der Waals surface area (Å²) in [6.07, 6.45) is 2.56. The van der Waals surface area contributed by atoms with E-state index in [1.165, 1.54) is 18.4 Å². The van der Waals surface area contributed by atoms with Crippen molar-refractivity contribution in [2.75, 3.05) is 6.54 Å². The predicted octanol–water partition coefficient (Wildman–Crippen LogP) is 4.74. The predicted molar refractivity (Wildman–Crippen MR) is 87.0 cm³/mol. The number of benzene rings is 1. The van der Waals surface area contributed by atoms with Gasteiger partial charge in [-0.25, -0.2) is 0 Å². The monoisotopic (exact) mass is 277 g/mol. The Morgan fingerprint density at radius 1 is 1.26 bits per heavy atom. The number of fused-ring (bicyclic) bond motifs is 1. The first-order valence-electron chi connectivity index (χ1n) is 7.65. The zero-order chi connectivity index (χ0) is 13.8. The van der Waals surface area contributed by atoms with Crippen molar-refractivity contribution in [2.24, 2.45) is 0 Å². The van der Waals surface area contributed by atoms with Gasteiger partial charge in [0, 0.05) is 16.5 Å². The van der Waals surface area contributed by atoms with Gasteiger partial charge in [-0.3, -0.25) is 0 Å². The van der Waals surface area contributed by atoms with E-state index in [1.54, 1.807) is 5.56 Å². The van der Waals surface area contributed by atoms with E-state index in [2.05, 4.69) is 69.0 Å². The van der Waals surface area contributed by atoms with Gasteiger partial charge in [-0.15, -0.1) is 0 Å². The molecule has 106 valence electrons. The molecule has 1 aliphatic carbocycles. The molecular formula is C17H27NS. The van der Waals surface area contributed by atoms with Crippen molar-refractivity contribution in [3.05, 3.63) is 35.4 Å². The molecule has 2 rings (SSSR count). The summed E-state index contributed by atoms with van der Waals surface area (Å²) in [6, 6.07) is 9.53. The quantitative estimate of drug-likeness (QED) is 0.834. The lowest BCUT2D eigenvalue weighted by Crippen LogP contribution is -2.36. The number of hydrogen-bond donors (Lipinski definition) is 1. The highest BCUT2D eigenvalue weighted by atomic mass is 32.2. The Balaban J connectivity index is 2.26. The van der Waals surface area contributed by atoms with Crippen LogP contribution in [0, 0.1) is 0 Å². The van der Waals surface area contributed by atoms with Gasteiger partial charge in [-0.1, -0.05) is 52.0 Å². The van der Waals surface area contributed by atoms with E-state index in [1.807, 2.05) is 0 Å². The third-order valence-electron chi connectivity index (χ3n) is 4.23. The SMILES string of the molecule is CCNC1c2ccccc2C(C)CC1SC(C)CC. The average Bonchev–Trinajstić information content (AvgIpc) is 2.43. The molecule has 0 amide bonds. The van der Waals surface area contributed by atoms with E-state index >= 15 is 0 Å². The molecule has 0 saturated heterocycles. The maximum absolute atomic E-state index is 3.72. The minimum atomic E-state index is 0.524. The van der Waals surface area contributed by atoms with Gasteiger partial charge in [-0.2, -0.15) is 11.8 Å². The Morgan fingerprint density at radius 3 is 2.58 bits per heavy atom. The van der Waals surface area contributed by atoms with E-state index in [0.717, 1.165) is 11.8 Å². The van der Waals surface area contributed by atoms with Crippen molar-refractivity contribution in [3.63, 3.8) is 0 Å². The van der Waals surface area contributed by atoms with Crippen LogP contribution >= 0.6 is 11.8 Å². The normalized spacial score (nSPS) is 27.9. The van der Waals surface area contributed by atoms with Crippen molar-refractivity contribution in [1.29, 1.82) is 0 Å². The second-order valence-electron chi connectivity index (χ2n) is 5.69. The minimum absolute atomic E-state index is 0.524. The zero-order valence-corrected chi connectivity index (χ0v) is 13.5. The Morgan fingerprint density at radius 2 is 1.95 bits per heavy atom. The van der Waals surface area contributed by atoms with E-state index < -0.39 is 0 Å². The highest BCUT2D eigenvalue weighted by Crippen LogP contribution is 2.44. The van der Waals surface area contributed by atoms with Crippen LogP contribution in [0.5, 0.6) is 0 Å². The summed E-state index contributed by atoms with van der Waals surface area (Å²) in [5.74, 6) is 0.688. The molecule has 0 aliphatic heterocycles. The summed E-state index contributed by atoms with van der Waals surface area (Å²) in [6.45, 7) is 10.3. The molecular weight excluding hydrogens is 250 g/mol. The molecule has 0 radical (unpaired) electrons. The second kappa shape index (κ2) is 6.81. The number of nitrogens with one attached hydrogen (secondary N) is 1. The molecule has 0 saturated carbocycles. The molecule has 0 aromatic heterocycles. The fourth-order valence-electron chi connectivity index (χ4n) is 3.04. The smallest absolute Gasteiger partial charge is 0.0443 e. The van der Waals surface area contributed by atoms with Crippen LogP contribution in [-0.4, -0.2) is 17.0 Å². The first-order valence-corrected chi connectivity index (χ1v) is 8.59. The standard InChI is InChI=1S/C17H27NS/c1-5-13(4)19-16-11-12(3)14-9-7-8-10-15(14)17(16)18-6-2/h7-10,12-13,16-18H,5-6,11H2,1-4H3. The van der Waals surface area contributed by atoms with Crippen LogP contribution < -0.4 is 5.32 Å². The minimum Gasteiger partial charge on any atom is -0.309 e. The van der Waals surface area contributed by atoms with Crippen LogP contribution in [0.15, 0.2) is 24.3 Å². The van der Waals surface area contributed by atoms with E-state index in [4.69, 9.17) is 0 Å². The van der Waals surface area contributed by atoms with Crippen molar-refractivity contribution in [2.45, 2.75) is 63.0 Å². The molecule has 4 unspecified atom stereocenters. The van der Waals surface area contributed by atoms with Crippen LogP contribution in [0.4, 0.5) is 0 Å². The highest BCUT2D eigenvalue weighted by Gasteiger charge is 2.33. The van der Waals surface area contributed by atoms with Crippen LogP contribution in [0.1, 0.15) is 63.6 Å². The maximum atomic E-state index is 3.72. The van der Waals surface area contributed by atoms with E-state index in [0.29, 0.717) is 17.2 Å². The lowest BCUT2D eigenvalue weighted by atomic mass is 9.80. The summed E-state index contributed by atoms with van der Waals surface area (Å²) in [7, 11) is 0. The Kier molecular flexibility index (Phi) is 5.35. The lowest BCUT2D eigenvalue weighted by molar-refractivity contribution is 0.452. The fraction of sp³-hybridized carbons (Fsp3) is 0.647. The molecule has 1 aromatic carbocycles. The lowest BCUT2D eigenvalue weighted by Gasteiger charge is -2.38. The van der Waals surface area contributed by atoms with Crippen LogP contribution in [0.3, 0.4) is 0 Å². The van der Waals surface area contributed by atoms with Crippen molar-refractivity contribution >= 4 is 11.8 Å². The van der Waals surface area contributed by atoms with Gasteiger partial charge < -0.3 is 5.32 Å². The molecule has 0 spiro atoms. The number of hydrogen-bond acceptors (Lipinski definition) is 2. The molecule has 0 fully saturated rings. The third kappa shape index (κ3) is 3.35. The fourth-order valence-corrected chi connectivity index (χ4v) is 4.63. The first kappa shape index (κ1) is 14.9. The van der Waals surface area contributed by atoms with Gasteiger partial charge in [0.15, 0.2) is 0 Å². The summed E-state index contributed by atoms with van der Waals surface area (Å²) >= 11 is 2.17. The number of rotatable bonds is 5. The Labute approximate surface area is 122 Å². The molecule has 1 aliphatic rings. The second-order valence-corrected chi connectivity index (χ2v) is 7.38. The molecule has 0 bridgehead atoms. The van der Waals surface area contributed by atoms with E-state index in [-0.39, 0.29) is 0 Å². The van der Waals surface area contributed by atoms with Gasteiger partial charge in [0.2, 0.25) is 0 Å². The van der Waals surface area contributed by atoms with Crippen molar-refractivity contribution in [1.82, 2.24) is 5.32 Å². The zero-order valence-electron chi connectivity index (χ0n) is 12.6. The van der Waals surface area contributed by atoms with Crippen molar-refractivity contribution in [3.8, 4) is 0 Å².